The van der Waals surface area contributed by atoms with Crippen molar-refractivity contribution in [3.05, 3.63) is 11.8 Å². The van der Waals surface area contributed by atoms with Crippen molar-refractivity contribution in [2.75, 3.05) is 14.2 Å². The zero-order chi connectivity index (χ0) is 9.52. The van der Waals surface area contributed by atoms with Crippen LogP contribution in [0.5, 0.6) is 0 Å². The smallest absolute Gasteiger partial charge is 0.347 e. The van der Waals surface area contributed by atoms with Gasteiger partial charge in [-0.2, -0.15) is 0 Å². The maximum atomic E-state index is 5.22. The number of hydrogen-bond acceptors (Lipinski definition) is 2. The normalized spacial score (nSPS) is 20.2. The Labute approximate surface area is 82.8 Å². The molecule has 1 rings (SSSR count). The van der Waals surface area contributed by atoms with Gasteiger partial charge in [-0.1, -0.05) is 25.3 Å². The molecular weight excluding hydrogens is 180 g/mol. The van der Waals surface area contributed by atoms with Gasteiger partial charge in [-0.15, -0.1) is 0 Å². The second-order valence-electron chi connectivity index (χ2n) is 3.62. The summed E-state index contributed by atoms with van der Waals surface area (Å²) >= 11 is 0. The summed E-state index contributed by atoms with van der Waals surface area (Å²) in [6, 6.07) is 0. The lowest BCUT2D eigenvalue weighted by molar-refractivity contribution is 0.290. The summed E-state index contributed by atoms with van der Waals surface area (Å²) in [5.74, 6) is 0.786. The van der Waals surface area contributed by atoms with Gasteiger partial charge in [0.1, 0.15) is 0 Å². The minimum Gasteiger partial charge on any atom is -0.397 e. The highest BCUT2D eigenvalue weighted by Crippen LogP contribution is 2.24. The van der Waals surface area contributed by atoms with Crippen LogP contribution in [0.4, 0.5) is 0 Å². The Balaban J connectivity index is 2.27. The van der Waals surface area contributed by atoms with Gasteiger partial charge in [-0.3, -0.25) is 0 Å². The number of allylic oxidation sites excluding steroid dienone is 1. The summed E-state index contributed by atoms with van der Waals surface area (Å²) in [5, 5.41) is 0. The van der Waals surface area contributed by atoms with Crippen LogP contribution in [0.1, 0.15) is 32.1 Å². The van der Waals surface area contributed by atoms with Gasteiger partial charge in [-0.05, 0) is 24.5 Å². The van der Waals surface area contributed by atoms with Gasteiger partial charge in [0.15, 0.2) is 0 Å². The van der Waals surface area contributed by atoms with Gasteiger partial charge < -0.3 is 8.85 Å². The van der Waals surface area contributed by atoms with E-state index in [9.17, 15) is 0 Å². The van der Waals surface area contributed by atoms with Gasteiger partial charge in [0.05, 0.1) is 0 Å². The SMILES string of the molecule is CO[SiH](C=CC1CCCCC1)OC. The van der Waals surface area contributed by atoms with E-state index >= 15 is 0 Å². The van der Waals surface area contributed by atoms with Crippen LogP contribution in [0.15, 0.2) is 11.8 Å². The summed E-state index contributed by atoms with van der Waals surface area (Å²) in [6.45, 7) is 0. The predicted octanol–water partition coefficient (Wildman–Crippen LogP) is 2.18. The van der Waals surface area contributed by atoms with Gasteiger partial charge in [0.25, 0.3) is 0 Å². The van der Waals surface area contributed by atoms with Crippen molar-refractivity contribution in [2.24, 2.45) is 5.92 Å². The third-order valence-electron chi connectivity index (χ3n) is 2.65. The molecule has 13 heavy (non-hydrogen) atoms. The fourth-order valence-electron chi connectivity index (χ4n) is 1.83. The molecule has 0 aromatic heterocycles. The van der Waals surface area contributed by atoms with E-state index in [1.54, 1.807) is 14.2 Å². The van der Waals surface area contributed by atoms with E-state index in [-0.39, 0.29) is 0 Å². The van der Waals surface area contributed by atoms with Crippen molar-refractivity contribution < 1.29 is 8.85 Å². The van der Waals surface area contributed by atoms with E-state index in [0.717, 1.165) is 5.92 Å². The molecule has 0 saturated heterocycles. The molecule has 0 heterocycles. The largest absolute Gasteiger partial charge is 0.397 e. The van der Waals surface area contributed by atoms with Gasteiger partial charge in [-0.25, -0.2) is 0 Å². The van der Waals surface area contributed by atoms with Crippen molar-refractivity contribution in [2.45, 2.75) is 32.1 Å². The Bertz CT molecular complexity index is 149. The first-order valence-corrected chi connectivity index (χ1v) is 6.71. The molecule has 0 atom stereocenters. The Hall–Kier alpha value is -0.123. The maximum Gasteiger partial charge on any atom is 0.347 e. The molecule has 2 nitrogen and oxygen atoms in total. The predicted molar refractivity (Wildman–Crippen MR) is 56.9 cm³/mol. The molecule has 76 valence electrons. The van der Waals surface area contributed by atoms with Gasteiger partial charge >= 0.3 is 9.28 Å². The molecule has 0 aliphatic heterocycles. The second kappa shape index (κ2) is 6.35. The van der Waals surface area contributed by atoms with Crippen LogP contribution in [-0.4, -0.2) is 23.5 Å². The first-order chi connectivity index (χ1) is 6.36. The quantitative estimate of drug-likeness (QED) is 0.648. The summed E-state index contributed by atoms with van der Waals surface area (Å²) in [6.07, 6.45) is 9.21. The highest BCUT2D eigenvalue weighted by molar-refractivity contribution is 6.50. The van der Waals surface area contributed by atoms with Crippen molar-refractivity contribution in [1.82, 2.24) is 0 Å². The Morgan fingerprint density at radius 1 is 1.08 bits per heavy atom. The van der Waals surface area contributed by atoms with Gasteiger partial charge in [0, 0.05) is 14.2 Å². The maximum absolute atomic E-state index is 5.22. The fourth-order valence-corrected chi connectivity index (χ4v) is 2.83. The van der Waals surface area contributed by atoms with Crippen LogP contribution in [0.25, 0.3) is 0 Å². The minimum atomic E-state index is -1.44. The molecular formula is C10H20O2Si. The topological polar surface area (TPSA) is 18.5 Å². The molecule has 0 aromatic rings. The summed E-state index contributed by atoms with van der Waals surface area (Å²) in [5.41, 5.74) is 2.16. The number of hydrogen-bond donors (Lipinski definition) is 0. The molecule has 0 N–H and O–H groups in total. The van der Waals surface area contributed by atoms with Crippen LogP contribution < -0.4 is 0 Å². The van der Waals surface area contributed by atoms with Crippen molar-refractivity contribution >= 4 is 9.28 Å². The number of rotatable bonds is 4. The third-order valence-corrected chi connectivity index (χ3v) is 4.12. The summed E-state index contributed by atoms with van der Waals surface area (Å²) in [4.78, 5) is 0. The molecule has 0 radical (unpaired) electrons. The molecule has 0 unspecified atom stereocenters. The van der Waals surface area contributed by atoms with E-state index in [1.165, 1.54) is 32.1 Å². The Morgan fingerprint density at radius 2 is 1.69 bits per heavy atom. The van der Waals surface area contributed by atoms with Crippen LogP contribution in [0.2, 0.25) is 0 Å². The third kappa shape index (κ3) is 4.07. The first-order valence-electron chi connectivity index (χ1n) is 5.10. The molecule has 1 aliphatic rings. The van der Waals surface area contributed by atoms with Crippen LogP contribution in [0.3, 0.4) is 0 Å². The molecule has 1 saturated carbocycles. The second-order valence-corrected chi connectivity index (χ2v) is 5.69. The highest BCUT2D eigenvalue weighted by Gasteiger charge is 2.11. The highest BCUT2D eigenvalue weighted by atomic mass is 28.3. The van der Waals surface area contributed by atoms with Gasteiger partial charge in [0.2, 0.25) is 0 Å². The standard InChI is InChI=1S/C10H20O2Si/c1-11-13(12-2)9-8-10-6-4-3-5-7-10/h8-10,13H,3-7H2,1-2H3. The average molecular weight is 200 g/mol. The molecule has 0 aromatic carbocycles. The lowest BCUT2D eigenvalue weighted by Crippen LogP contribution is -2.16. The van der Waals surface area contributed by atoms with Crippen molar-refractivity contribution in [1.29, 1.82) is 0 Å². The van der Waals surface area contributed by atoms with E-state index < -0.39 is 9.28 Å². The molecule has 1 fully saturated rings. The molecule has 1 aliphatic carbocycles. The lowest BCUT2D eigenvalue weighted by atomic mass is 9.90. The van der Waals surface area contributed by atoms with Crippen molar-refractivity contribution in [3.8, 4) is 0 Å². The van der Waals surface area contributed by atoms with E-state index in [1.807, 2.05) is 0 Å². The van der Waals surface area contributed by atoms with E-state index in [4.69, 9.17) is 8.85 Å². The van der Waals surface area contributed by atoms with E-state index in [0.29, 0.717) is 0 Å². The zero-order valence-corrected chi connectivity index (χ0v) is 9.82. The van der Waals surface area contributed by atoms with Crippen LogP contribution >= 0.6 is 0 Å². The van der Waals surface area contributed by atoms with Crippen molar-refractivity contribution in [3.63, 3.8) is 0 Å². The molecule has 0 spiro atoms. The summed E-state index contributed by atoms with van der Waals surface area (Å²) in [7, 11) is 2.01. The molecule has 0 bridgehead atoms. The monoisotopic (exact) mass is 200 g/mol. The summed E-state index contributed by atoms with van der Waals surface area (Å²) < 4.78 is 10.4. The minimum absolute atomic E-state index is 0.786. The average Bonchev–Trinajstić information content (AvgIpc) is 2.21. The van der Waals surface area contributed by atoms with E-state index in [2.05, 4.69) is 11.8 Å². The Kier molecular flexibility index (Phi) is 5.35. The first kappa shape index (κ1) is 11.0. The Morgan fingerprint density at radius 3 is 2.23 bits per heavy atom. The van der Waals surface area contributed by atoms with Crippen LogP contribution in [-0.2, 0) is 8.85 Å². The molecule has 0 amide bonds. The fraction of sp³-hybridized carbons (Fsp3) is 0.800. The lowest BCUT2D eigenvalue weighted by Gasteiger charge is -2.18. The van der Waals surface area contributed by atoms with Crippen LogP contribution in [0, 0.1) is 5.92 Å². The molecule has 3 heteroatoms. The zero-order valence-electron chi connectivity index (χ0n) is 8.66.